The molecule has 1 aliphatic carbocycles. The molecule has 1 N–H and O–H groups in total. The van der Waals surface area contributed by atoms with Crippen molar-refractivity contribution in [3.63, 3.8) is 0 Å². The highest BCUT2D eigenvalue weighted by atomic mass is 127. The molecule has 7 heteroatoms. The van der Waals surface area contributed by atoms with E-state index in [2.05, 4.69) is 17.1 Å². The normalized spacial score (nSPS) is 19.8. The van der Waals surface area contributed by atoms with Crippen LogP contribution in [0.2, 0.25) is 0 Å². The summed E-state index contributed by atoms with van der Waals surface area (Å²) in [6, 6.07) is 0. The Bertz CT molecular complexity index is 420. The monoisotopic (exact) mass is 481 g/mol. The molecule has 2 rings (SSSR count). The fourth-order valence-electron chi connectivity index (χ4n) is 3.65. The van der Waals surface area contributed by atoms with Crippen molar-refractivity contribution < 1.29 is 14.3 Å². The van der Waals surface area contributed by atoms with Crippen molar-refractivity contribution >= 4 is 35.9 Å². The molecule has 1 heterocycles. The number of likely N-dealkylation sites (tertiary alicyclic amines) is 1. The Hall–Kier alpha value is -0.570. The van der Waals surface area contributed by atoms with Crippen LogP contribution in [0.1, 0.15) is 58.3 Å². The topological polar surface area (TPSA) is 63.2 Å². The Balaban J connectivity index is 0.00000338. The Morgan fingerprint density at radius 2 is 1.85 bits per heavy atom. The second-order valence-corrected chi connectivity index (χ2v) is 7.00. The lowest BCUT2D eigenvalue weighted by Gasteiger charge is -2.33. The molecule has 1 saturated carbocycles. The number of aliphatic imine (C=N–C) groups is 1. The molecule has 26 heavy (non-hydrogen) atoms. The van der Waals surface area contributed by atoms with Gasteiger partial charge in [0.15, 0.2) is 5.96 Å². The number of rotatable bonds is 7. The maximum atomic E-state index is 11.6. The minimum absolute atomic E-state index is 0. The van der Waals surface area contributed by atoms with Crippen LogP contribution in [0.15, 0.2) is 4.99 Å². The van der Waals surface area contributed by atoms with Gasteiger partial charge in [-0.05, 0) is 39.0 Å². The highest BCUT2D eigenvalue weighted by Crippen LogP contribution is 2.20. The molecule has 2 fully saturated rings. The maximum Gasteiger partial charge on any atom is 0.308 e. The first-order valence-corrected chi connectivity index (χ1v) is 9.97. The largest absolute Gasteiger partial charge is 0.469 e. The second-order valence-electron chi connectivity index (χ2n) is 7.00. The van der Waals surface area contributed by atoms with E-state index in [0.29, 0.717) is 6.10 Å². The predicted molar refractivity (Wildman–Crippen MR) is 115 cm³/mol. The first-order chi connectivity index (χ1) is 12.2. The minimum Gasteiger partial charge on any atom is -0.469 e. The van der Waals surface area contributed by atoms with Gasteiger partial charge in [-0.3, -0.25) is 9.79 Å². The van der Waals surface area contributed by atoms with Crippen LogP contribution < -0.4 is 5.32 Å². The molecule has 0 aromatic carbocycles. The molecule has 0 aromatic heterocycles. The molecular weight excluding hydrogens is 445 g/mol. The van der Waals surface area contributed by atoms with Crippen molar-refractivity contribution in [2.75, 3.05) is 39.9 Å². The zero-order valence-electron chi connectivity index (χ0n) is 16.4. The molecule has 0 radical (unpaired) electrons. The Kier molecular flexibility index (Phi) is 12.3. The van der Waals surface area contributed by atoms with Gasteiger partial charge in [-0.25, -0.2) is 0 Å². The maximum absolute atomic E-state index is 11.6. The van der Waals surface area contributed by atoms with Gasteiger partial charge in [0.2, 0.25) is 0 Å². The van der Waals surface area contributed by atoms with Crippen molar-refractivity contribution in [2.24, 2.45) is 10.9 Å². The number of hydrogen-bond donors (Lipinski definition) is 1. The molecule has 152 valence electrons. The van der Waals surface area contributed by atoms with Gasteiger partial charge in [-0.1, -0.05) is 19.3 Å². The molecule has 6 nitrogen and oxygen atoms in total. The van der Waals surface area contributed by atoms with Gasteiger partial charge >= 0.3 is 5.97 Å². The van der Waals surface area contributed by atoms with Gasteiger partial charge in [0.05, 0.1) is 19.1 Å². The number of halogens is 1. The number of nitrogens with zero attached hydrogens (tertiary/aromatic N) is 2. The Labute approximate surface area is 175 Å². The van der Waals surface area contributed by atoms with Crippen LogP contribution in [0.4, 0.5) is 0 Å². The lowest BCUT2D eigenvalue weighted by atomic mass is 9.97. The summed E-state index contributed by atoms with van der Waals surface area (Å²) >= 11 is 0. The molecule has 0 amide bonds. The average molecular weight is 481 g/mol. The van der Waals surface area contributed by atoms with Crippen molar-refractivity contribution in [1.82, 2.24) is 10.2 Å². The first kappa shape index (κ1) is 23.5. The Morgan fingerprint density at radius 1 is 1.15 bits per heavy atom. The van der Waals surface area contributed by atoms with E-state index in [1.165, 1.54) is 39.2 Å². The molecule has 1 saturated heterocycles. The molecule has 2 aliphatic rings. The van der Waals surface area contributed by atoms with Crippen molar-refractivity contribution in [2.45, 2.75) is 64.4 Å². The standard InChI is InChI=1S/C19H35N3O3.HI/c1-3-20-19(22-13-10-16(11-14-22)18(23)24-2)21-12-7-15-25-17-8-5-4-6-9-17;/h16-17H,3-15H2,1-2H3,(H,20,21);1H. The van der Waals surface area contributed by atoms with Crippen LogP contribution in [0.25, 0.3) is 0 Å². The third-order valence-corrected chi connectivity index (χ3v) is 5.13. The van der Waals surface area contributed by atoms with E-state index in [0.717, 1.165) is 58.0 Å². The zero-order chi connectivity index (χ0) is 17.9. The van der Waals surface area contributed by atoms with Crippen LogP contribution in [-0.4, -0.2) is 62.8 Å². The number of piperidine rings is 1. The summed E-state index contributed by atoms with van der Waals surface area (Å²) in [7, 11) is 1.47. The molecule has 0 aromatic rings. The first-order valence-electron chi connectivity index (χ1n) is 9.97. The SMILES string of the molecule is CCNC(=NCCCOC1CCCCC1)N1CCC(C(=O)OC)CC1.I. The van der Waals surface area contributed by atoms with Crippen molar-refractivity contribution in [3.8, 4) is 0 Å². The van der Waals surface area contributed by atoms with E-state index >= 15 is 0 Å². The molecule has 0 spiro atoms. The molecule has 1 aliphatic heterocycles. The lowest BCUT2D eigenvalue weighted by Crippen LogP contribution is -2.46. The van der Waals surface area contributed by atoms with Gasteiger partial charge in [-0.15, -0.1) is 24.0 Å². The smallest absolute Gasteiger partial charge is 0.308 e. The summed E-state index contributed by atoms with van der Waals surface area (Å²) in [5, 5.41) is 3.37. The van der Waals surface area contributed by atoms with E-state index in [4.69, 9.17) is 14.5 Å². The van der Waals surface area contributed by atoms with E-state index in [9.17, 15) is 4.79 Å². The third-order valence-electron chi connectivity index (χ3n) is 5.13. The summed E-state index contributed by atoms with van der Waals surface area (Å²) in [6.45, 7) is 6.23. The minimum atomic E-state index is -0.0820. The van der Waals surface area contributed by atoms with Gasteiger partial charge in [-0.2, -0.15) is 0 Å². The van der Waals surface area contributed by atoms with E-state index in [-0.39, 0.29) is 35.9 Å². The average Bonchev–Trinajstić information content (AvgIpc) is 2.67. The number of ether oxygens (including phenoxy) is 2. The van der Waals surface area contributed by atoms with Crippen molar-refractivity contribution in [3.05, 3.63) is 0 Å². The quantitative estimate of drug-likeness (QED) is 0.199. The molecule has 0 bridgehead atoms. The highest BCUT2D eigenvalue weighted by molar-refractivity contribution is 14.0. The number of esters is 1. The Morgan fingerprint density at radius 3 is 2.46 bits per heavy atom. The fourth-order valence-corrected chi connectivity index (χ4v) is 3.65. The van der Waals surface area contributed by atoms with Gasteiger partial charge in [0, 0.05) is 32.8 Å². The highest BCUT2D eigenvalue weighted by Gasteiger charge is 2.26. The summed E-state index contributed by atoms with van der Waals surface area (Å²) in [4.78, 5) is 18.6. The third kappa shape index (κ3) is 7.98. The molecule has 0 unspecified atom stereocenters. The lowest BCUT2D eigenvalue weighted by molar-refractivity contribution is -0.146. The van der Waals surface area contributed by atoms with E-state index < -0.39 is 0 Å². The molecular formula is C19H36IN3O3. The number of guanidine groups is 1. The zero-order valence-corrected chi connectivity index (χ0v) is 18.7. The summed E-state index contributed by atoms with van der Waals surface area (Å²) < 4.78 is 10.8. The number of carbonyl (C=O) groups excluding carboxylic acids is 1. The number of hydrogen-bond acceptors (Lipinski definition) is 4. The number of carbonyl (C=O) groups is 1. The summed E-state index contributed by atoms with van der Waals surface area (Å²) in [5.74, 6) is 0.915. The number of nitrogens with one attached hydrogen (secondary N) is 1. The van der Waals surface area contributed by atoms with Gasteiger partial charge in [0.25, 0.3) is 0 Å². The van der Waals surface area contributed by atoms with Crippen LogP contribution in [0.3, 0.4) is 0 Å². The van der Waals surface area contributed by atoms with E-state index in [1.54, 1.807) is 0 Å². The number of methoxy groups -OCH3 is 1. The fraction of sp³-hybridized carbons (Fsp3) is 0.895. The van der Waals surface area contributed by atoms with Gasteiger partial charge < -0.3 is 19.7 Å². The van der Waals surface area contributed by atoms with E-state index in [1.807, 2.05) is 0 Å². The van der Waals surface area contributed by atoms with Crippen LogP contribution in [-0.2, 0) is 14.3 Å². The van der Waals surface area contributed by atoms with Crippen LogP contribution in [0, 0.1) is 5.92 Å². The predicted octanol–water partition coefficient (Wildman–Crippen LogP) is 3.19. The van der Waals surface area contributed by atoms with Crippen LogP contribution >= 0.6 is 24.0 Å². The van der Waals surface area contributed by atoms with Crippen molar-refractivity contribution in [1.29, 1.82) is 0 Å². The summed E-state index contributed by atoms with van der Waals surface area (Å²) in [6.07, 6.45) is 9.55. The molecule has 0 atom stereocenters. The van der Waals surface area contributed by atoms with Gasteiger partial charge in [0.1, 0.15) is 0 Å². The second kappa shape index (κ2) is 13.6. The van der Waals surface area contributed by atoms with Crippen LogP contribution in [0.5, 0.6) is 0 Å². The summed E-state index contributed by atoms with van der Waals surface area (Å²) in [5.41, 5.74) is 0.